The fraction of sp³-hybridized carbons (Fsp3) is 0.312. The molecule has 3 N–H and O–H groups in total. The second-order valence-corrected chi connectivity index (χ2v) is 6.28. The monoisotopic (exact) mass is 344 g/mol. The van der Waals surface area contributed by atoms with E-state index in [1.54, 1.807) is 12.4 Å². The van der Waals surface area contributed by atoms with E-state index in [9.17, 15) is 4.79 Å². The number of pyridine rings is 1. The molecule has 124 valence electrons. The number of aromatic nitrogens is 4. The van der Waals surface area contributed by atoms with Crippen molar-refractivity contribution < 1.29 is 0 Å². The minimum absolute atomic E-state index is 0.130. The molecule has 0 bridgehead atoms. The van der Waals surface area contributed by atoms with Crippen LogP contribution in [0.15, 0.2) is 29.3 Å². The molecule has 0 radical (unpaired) electrons. The van der Waals surface area contributed by atoms with Crippen LogP contribution in [-0.4, -0.2) is 45.6 Å². The first-order valence-corrected chi connectivity index (χ1v) is 8.22. The Hall–Kier alpha value is -2.38. The summed E-state index contributed by atoms with van der Waals surface area (Å²) >= 11 is 6.25. The SMILES string of the molecule is CC1CNCCN1c1nc(-c2c[nH]c3ncccc23)[nH]c(=O)c1Cl. The van der Waals surface area contributed by atoms with Crippen molar-refractivity contribution in [3.63, 3.8) is 0 Å². The van der Waals surface area contributed by atoms with E-state index in [-0.39, 0.29) is 16.6 Å². The van der Waals surface area contributed by atoms with Crippen molar-refractivity contribution in [2.45, 2.75) is 13.0 Å². The molecule has 7 nitrogen and oxygen atoms in total. The second-order valence-electron chi connectivity index (χ2n) is 5.90. The Morgan fingerprint density at radius 2 is 2.29 bits per heavy atom. The maximum absolute atomic E-state index is 12.3. The van der Waals surface area contributed by atoms with Gasteiger partial charge >= 0.3 is 0 Å². The summed E-state index contributed by atoms with van der Waals surface area (Å²) in [6, 6.07) is 4.01. The van der Waals surface area contributed by atoms with Gasteiger partial charge in [0.1, 0.15) is 16.5 Å². The van der Waals surface area contributed by atoms with Crippen LogP contribution in [0, 0.1) is 0 Å². The van der Waals surface area contributed by atoms with Gasteiger partial charge in [-0.05, 0) is 19.1 Å². The Morgan fingerprint density at radius 1 is 1.42 bits per heavy atom. The topological polar surface area (TPSA) is 89.7 Å². The van der Waals surface area contributed by atoms with Crippen LogP contribution >= 0.6 is 11.6 Å². The molecule has 8 heteroatoms. The zero-order valence-electron chi connectivity index (χ0n) is 13.1. The van der Waals surface area contributed by atoms with Crippen molar-refractivity contribution in [3.05, 3.63) is 39.9 Å². The van der Waals surface area contributed by atoms with E-state index in [2.05, 4.69) is 37.1 Å². The molecule has 4 rings (SSSR count). The van der Waals surface area contributed by atoms with Crippen LogP contribution in [-0.2, 0) is 0 Å². The van der Waals surface area contributed by atoms with Crippen molar-refractivity contribution in [2.75, 3.05) is 24.5 Å². The predicted molar refractivity (Wildman–Crippen MR) is 94.6 cm³/mol. The molecule has 4 heterocycles. The smallest absolute Gasteiger partial charge is 0.272 e. The van der Waals surface area contributed by atoms with E-state index in [0.29, 0.717) is 11.6 Å². The standard InChI is InChI=1S/C16H17ClN6O/c1-9-7-18-5-6-23(9)15-12(17)16(24)22-14(21-15)11-8-20-13-10(11)3-2-4-19-13/h2-4,8-9,18H,5-7H2,1H3,(H,19,20)(H,21,22,24). The third kappa shape index (κ3) is 2.46. The van der Waals surface area contributed by atoms with Gasteiger partial charge < -0.3 is 20.2 Å². The minimum Gasteiger partial charge on any atom is -0.350 e. The van der Waals surface area contributed by atoms with Crippen LogP contribution in [0.2, 0.25) is 5.02 Å². The summed E-state index contributed by atoms with van der Waals surface area (Å²) in [6.45, 7) is 4.51. The maximum atomic E-state index is 12.3. The van der Waals surface area contributed by atoms with Crippen molar-refractivity contribution in [2.24, 2.45) is 0 Å². The molecule has 0 aliphatic carbocycles. The van der Waals surface area contributed by atoms with Crippen molar-refractivity contribution in [1.29, 1.82) is 0 Å². The summed E-state index contributed by atoms with van der Waals surface area (Å²) < 4.78 is 0. The minimum atomic E-state index is -0.333. The molecular weight excluding hydrogens is 328 g/mol. The van der Waals surface area contributed by atoms with Gasteiger partial charge in [-0.15, -0.1) is 0 Å². The molecule has 1 aliphatic heterocycles. The first-order valence-electron chi connectivity index (χ1n) is 7.85. The predicted octanol–water partition coefficient (Wildman–Crippen LogP) is 1.76. The van der Waals surface area contributed by atoms with Crippen LogP contribution < -0.4 is 15.8 Å². The average molecular weight is 345 g/mol. The zero-order chi connectivity index (χ0) is 16.7. The van der Waals surface area contributed by atoms with Crippen molar-refractivity contribution in [3.8, 4) is 11.4 Å². The molecule has 0 spiro atoms. The zero-order valence-corrected chi connectivity index (χ0v) is 13.9. The van der Waals surface area contributed by atoms with Gasteiger partial charge in [-0.25, -0.2) is 9.97 Å². The molecule has 24 heavy (non-hydrogen) atoms. The highest BCUT2D eigenvalue weighted by Crippen LogP contribution is 2.28. The molecule has 0 saturated carbocycles. The molecule has 1 fully saturated rings. The fourth-order valence-corrected chi connectivity index (χ4v) is 3.27. The molecule has 0 aromatic carbocycles. The van der Waals surface area contributed by atoms with Gasteiger partial charge in [0.25, 0.3) is 5.56 Å². The quantitative estimate of drug-likeness (QED) is 0.659. The highest BCUT2D eigenvalue weighted by Gasteiger charge is 2.24. The summed E-state index contributed by atoms with van der Waals surface area (Å²) in [7, 11) is 0. The summed E-state index contributed by atoms with van der Waals surface area (Å²) in [5.41, 5.74) is 1.22. The van der Waals surface area contributed by atoms with E-state index in [1.807, 2.05) is 12.1 Å². The van der Waals surface area contributed by atoms with Gasteiger partial charge in [0.15, 0.2) is 5.82 Å². The molecule has 1 aliphatic rings. The normalized spacial score (nSPS) is 18.2. The van der Waals surface area contributed by atoms with Crippen LogP contribution in [0.1, 0.15) is 6.92 Å². The van der Waals surface area contributed by atoms with E-state index >= 15 is 0 Å². The number of hydrogen-bond acceptors (Lipinski definition) is 5. The van der Waals surface area contributed by atoms with Gasteiger partial charge in [-0.1, -0.05) is 11.6 Å². The lowest BCUT2D eigenvalue weighted by molar-refractivity contribution is 0.497. The number of H-pyrrole nitrogens is 2. The van der Waals surface area contributed by atoms with Gasteiger partial charge in [0.05, 0.1) is 0 Å². The highest BCUT2D eigenvalue weighted by atomic mass is 35.5. The number of piperazine rings is 1. The molecule has 0 amide bonds. The molecule has 1 unspecified atom stereocenters. The number of aromatic amines is 2. The Bertz CT molecular complexity index is 949. The Balaban J connectivity index is 1.87. The van der Waals surface area contributed by atoms with Crippen LogP contribution in [0.5, 0.6) is 0 Å². The third-order valence-corrected chi connectivity index (χ3v) is 4.67. The van der Waals surface area contributed by atoms with Gasteiger partial charge in [-0.3, -0.25) is 4.79 Å². The lowest BCUT2D eigenvalue weighted by atomic mass is 10.2. The van der Waals surface area contributed by atoms with E-state index in [0.717, 1.165) is 36.2 Å². The van der Waals surface area contributed by atoms with E-state index < -0.39 is 0 Å². The first kappa shape index (κ1) is 15.2. The number of nitrogens with zero attached hydrogens (tertiary/aromatic N) is 3. The number of rotatable bonds is 2. The van der Waals surface area contributed by atoms with Gasteiger partial charge in [0.2, 0.25) is 0 Å². The molecular formula is C16H17ClN6O. The fourth-order valence-electron chi connectivity index (χ4n) is 3.07. The Morgan fingerprint density at radius 3 is 3.12 bits per heavy atom. The van der Waals surface area contributed by atoms with E-state index in [1.165, 1.54) is 0 Å². The van der Waals surface area contributed by atoms with Crippen molar-refractivity contribution >= 4 is 28.5 Å². The average Bonchev–Trinajstić information content (AvgIpc) is 3.02. The molecule has 1 atom stereocenters. The number of halogens is 1. The lowest BCUT2D eigenvalue weighted by Crippen LogP contribution is -2.50. The third-order valence-electron chi connectivity index (χ3n) is 4.32. The maximum Gasteiger partial charge on any atom is 0.272 e. The van der Waals surface area contributed by atoms with Crippen LogP contribution in [0.3, 0.4) is 0 Å². The summed E-state index contributed by atoms with van der Waals surface area (Å²) in [6.07, 6.45) is 3.52. The Kier molecular flexibility index (Phi) is 3.74. The molecule has 3 aromatic heterocycles. The number of anilines is 1. The number of nitrogens with one attached hydrogen (secondary N) is 3. The number of hydrogen-bond donors (Lipinski definition) is 3. The van der Waals surface area contributed by atoms with Gasteiger partial charge in [0, 0.05) is 49.0 Å². The molecule has 3 aromatic rings. The lowest BCUT2D eigenvalue weighted by Gasteiger charge is -2.35. The van der Waals surface area contributed by atoms with Crippen molar-refractivity contribution in [1.82, 2.24) is 25.3 Å². The van der Waals surface area contributed by atoms with E-state index in [4.69, 9.17) is 11.6 Å². The number of fused-ring (bicyclic) bond motifs is 1. The summed E-state index contributed by atoms with van der Waals surface area (Å²) in [4.78, 5) is 29.2. The molecule has 1 saturated heterocycles. The second kappa shape index (κ2) is 5.92. The highest BCUT2D eigenvalue weighted by molar-refractivity contribution is 6.32. The summed E-state index contributed by atoms with van der Waals surface area (Å²) in [5.74, 6) is 1.02. The summed E-state index contributed by atoms with van der Waals surface area (Å²) in [5, 5.41) is 4.36. The van der Waals surface area contributed by atoms with Gasteiger partial charge in [-0.2, -0.15) is 0 Å². The van der Waals surface area contributed by atoms with Crippen LogP contribution in [0.4, 0.5) is 5.82 Å². The Labute approximate surface area is 143 Å². The first-order chi connectivity index (χ1) is 11.6. The van der Waals surface area contributed by atoms with Crippen LogP contribution in [0.25, 0.3) is 22.4 Å². The largest absolute Gasteiger partial charge is 0.350 e.